The maximum Gasteiger partial charge on any atom is 0.311 e. The van der Waals surface area contributed by atoms with E-state index < -0.39 is 4.92 Å². The molecule has 0 saturated heterocycles. The first-order chi connectivity index (χ1) is 11.5. The lowest BCUT2D eigenvalue weighted by molar-refractivity contribution is -0.385. The normalized spacial score (nSPS) is 14.3. The van der Waals surface area contributed by atoms with Crippen molar-refractivity contribution < 1.29 is 9.66 Å². The van der Waals surface area contributed by atoms with Crippen LogP contribution in [0.1, 0.15) is 36.8 Å². The highest BCUT2D eigenvalue weighted by molar-refractivity contribution is 5.58. The van der Waals surface area contributed by atoms with E-state index in [1.54, 1.807) is 12.1 Å². The van der Waals surface area contributed by atoms with Gasteiger partial charge >= 0.3 is 5.69 Å². The van der Waals surface area contributed by atoms with E-state index in [9.17, 15) is 10.1 Å². The van der Waals surface area contributed by atoms with Gasteiger partial charge in [0.05, 0.1) is 4.92 Å². The number of ether oxygens (including phenoxy) is 1. The second kappa shape index (κ2) is 6.46. The standard InChI is InChI=1S/C16H21N5O3/c1-19(2)12-7-8-13(21(22)23)14(9-12)24-10-15-17-18-16(20(15)3)11-5-4-6-11/h7-9,11H,4-6,10H2,1-3H3. The molecule has 0 atom stereocenters. The molecule has 0 N–H and O–H groups in total. The molecule has 1 saturated carbocycles. The minimum Gasteiger partial charge on any atom is -0.479 e. The predicted octanol–water partition coefficient (Wildman–Crippen LogP) is 2.64. The third-order valence-electron chi connectivity index (χ3n) is 4.48. The van der Waals surface area contributed by atoms with Gasteiger partial charge in [-0.2, -0.15) is 0 Å². The number of nitro groups is 1. The number of hydrogen-bond donors (Lipinski definition) is 0. The maximum absolute atomic E-state index is 11.2. The van der Waals surface area contributed by atoms with Crippen molar-refractivity contribution in [3.63, 3.8) is 0 Å². The third-order valence-corrected chi connectivity index (χ3v) is 4.48. The molecule has 1 aliphatic rings. The summed E-state index contributed by atoms with van der Waals surface area (Å²) in [4.78, 5) is 12.6. The molecule has 0 amide bonds. The number of nitrogens with zero attached hydrogens (tertiary/aromatic N) is 5. The van der Waals surface area contributed by atoms with Crippen LogP contribution < -0.4 is 9.64 Å². The molecule has 0 bridgehead atoms. The molecule has 1 aromatic carbocycles. The number of aromatic nitrogens is 3. The Bertz CT molecular complexity index is 752. The SMILES string of the molecule is CN(C)c1ccc([N+](=O)[O-])c(OCc2nnc(C3CCC3)n2C)c1. The predicted molar refractivity (Wildman–Crippen MR) is 89.4 cm³/mol. The lowest BCUT2D eigenvalue weighted by Crippen LogP contribution is -2.15. The number of benzene rings is 1. The lowest BCUT2D eigenvalue weighted by Gasteiger charge is -2.24. The molecular weight excluding hydrogens is 310 g/mol. The van der Waals surface area contributed by atoms with Crippen LogP contribution in [0.5, 0.6) is 5.75 Å². The van der Waals surface area contributed by atoms with E-state index in [2.05, 4.69) is 10.2 Å². The van der Waals surface area contributed by atoms with E-state index in [4.69, 9.17) is 4.74 Å². The van der Waals surface area contributed by atoms with Gasteiger partial charge in [-0.15, -0.1) is 10.2 Å². The van der Waals surface area contributed by atoms with Crippen LogP contribution in [0.3, 0.4) is 0 Å². The topological polar surface area (TPSA) is 86.3 Å². The van der Waals surface area contributed by atoms with Crippen molar-refractivity contribution in [1.29, 1.82) is 0 Å². The van der Waals surface area contributed by atoms with Gasteiger partial charge in [0.15, 0.2) is 11.6 Å². The fourth-order valence-corrected chi connectivity index (χ4v) is 2.71. The summed E-state index contributed by atoms with van der Waals surface area (Å²) in [7, 11) is 5.66. The third kappa shape index (κ3) is 3.04. The molecule has 8 nitrogen and oxygen atoms in total. The number of rotatable bonds is 6. The van der Waals surface area contributed by atoms with Crippen molar-refractivity contribution in [2.45, 2.75) is 31.8 Å². The Kier molecular flexibility index (Phi) is 4.37. The average Bonchev–Trinajstić information content (AvgIpc) is 2.84. The van der Waals surface area contributed by atoms with Crippen LogP contribution in [-0.4, -0.2) is 33.8 Å². The molecule has 0 spiro atoms. The first-order valence-electron chi connectivity index (χ1n) is 7.94. The Morgan fingerprint density at radius 2 is 2.12 bits per heavy atom. The Morgan fingerprint density at radius 1 is 1.38 bits per heavy atom. The first-order valence-corrected chi connectivity index (χ1v) is 7.94. The molecule has 0 unspecified atom stereocenters. The van der Waals surface area contributed by atoms with E-state index in [0.717, 1.165) is 24.4 Å². The Balaban J connectivity index is 1.79. The zero-order valence-corrected chi connectivity index (χ0v) is 14.1. The zero-order chi connectivity index (χ0) is 17.3. The number of anilines is 1. The summed E-state index contributed by atoms with van der Waals surface area (Å²) in [6.45, 7) is 0.147. The van der Waals surface area contributed by atoms with E-state index in [0.29, 0.717) is 11.7 Å². The highest BCUT2D eigenvalue weighted by Gasteiger charge is 2.25. The van der Waals surface area contributed by atoms with E-state index in [-0.39, 0.29) is 18.0 Å². The maximum atomic E-state index is 11.2. The van der Waals surface area contributed by atoms with Crippen LogP contribution in [0.15, 0.2) is 18.2 Å². The molecule has 128 valence electrons. The number of hydrogen-bond acceptors (Lipinski definition) is 6. The summed E-state index contributed by atoms with van der Waals surface area (Å²) in [5.41, 5.74) is 0.783. The molecule has 1 aliphatic carbocycles. The van der Waals surface area contributed by atoms with E-state index in [1.165, 1.54) is 12.5 Å². The summed E-state index contributed by atoms with van der Waals surface area (Å²) >= 11 is 0. The second-order valence-electron chi connectivity index (χ2n) is 6.25. The largest absolute Gasteiger partial charge is 0.479 e. The highest BCUT2D eigenvalue weighted by Crippen LogP contribution is 2.35. The molecule has 0 aliphatic heterocycles. The molecule has 2 aromatic rings. The van der Waals surface area contributed by atoms with Gasteiger partial charge in [0, 0.05) is 44.9 Å². The fourth-order valence-electron chi connectivity index (χ4n) is 2.71. The second-order valence-corrected chi connectivity index (χ2v) is 6.25. The van der Waals surface area contributed by atoms with Crippen molar-refractivity contribution in [2.24, 2.45) is 7.05 Å². The Morgan fingerprint density at radius 3 is 2.71 bits per heavy atom. The summed E-state index contributed by atoms with van der Waals surface area (Å²) in [5.74, 6) is 2.35. The summed E-state index contributed by atoms with van der Waals surface area (Å²) in [5, 5.41) is 19.6. The van der Waals surface area contributed by atoms with Crippen LogP contribution in [0.25, 0.3) is 0 Å². The number of nitro benzene ring substituents is 1. The van der Waals surface area contributed by atoms with Crippen LogP contribution in [0, 0.1) is 10.1 Å². The van der Waals surface area contributed by atoms with Crippen molar-refractivity contribution in [1.82, 2.24) is 14.8 Å². The molecule has 1 heterocycles. The van der Waals surface area contributed by atoms with E-state index >= 15 is 0 Å². The quantitative estimate of drug-likeness (QED) is 0.597. The van der Waals surface area contributed by atoms with Crippen molar-refractivity contribution in [3.05, 3.63) is 40.0 Å². The minimum absolute atomic E-state index is 0.0537. The molecular formula is C16H21N5O3. The Labute approximate surface area is 140 Å². The first kappa shape index (κ1) is 16.2. The van der Waals surface area contributed by atoms with Gasteiger partial charge in [0.25, 0.3) is 0 Å². The van der Waals surface area contributed by atoms with Gasteiger partial charge in [0.2, 0.25) is 0 Å². The van der Waals surface area contributed by atoms with Gasteiger partial charge in [-0.05, 0) is 18.9 Å². The highest BCUT2D eigenvalue weighted by atomic mass is 16.6. The molecule has 1 aromatic heterocycles. The molecule has 3 rings (SSSR count). The van der Waals surface area contributed by atoms with Crippen molar-refractivity contribution in [2.75, 3.05) is 19.0 Å². The molecule has 0 radical (unpaired) electrons. The minimum atomic E-state index is -0.439. The van der Waals surface area contributed by atoms with Crippen LogP contribution in [-0.2, 0) is 13.7 Å². The summed E-state index contributed by atoms with van der Waals surface area (Å²) in [6, 6.07) is 4.82. The van der Waals surface area contributed by atoms with Crippen LogP contribution in [0.4, 0.5) is 11.4 Å². The zero-order valence-electron chi connectivity index (χ0n) is 14.1. The molecule has 24 heavy (non-hydrogen) atoms. The van der Waals surface area contributed by atoms with Gasteiger partial charge in [0.1, 0.15) is 12.4 Å². The summed E-state index contributed by atoms with van der Waals surface area (Å²) < 4.78 is 7.65. The van der Waals surface area contributed by atoms with Gasteiger partial charge in [-0.25, -0.2) is 0 Å². The van der Waals surface area contributed by atoms with Crippen LogP contribution >= 0.6 is 0 Å². The fraction of sp³-hybridized carbons (Fsp3) is 0.500. The van der Waals surface area contributed by atoms with Gasteiger partial charge in [-0.1, -0.05) is 6.42 Å². The van der Waals surface area contributed by atoms with Crippen molar-refractivity contribution >= 4 is 11.4 Å². The summed E-state index contributed by atoms with van der Waals surface area (Å²) in [6.07, 6.45) is 3.51. The Hall–Kier alpha value is -2.64. The molecule has 1 fully saturated rings. The van der Waals surface area contributed by atoms with Gasteiger partial charge < -0.3 is 14.2 Å². The van der Waals surface area contributed by atoms with Crippen LogP contribution in [0.2, 0.25) is 0 Å². The smallest absolute Gasteiger partial charge is 0.311 e. The average molecular weight is 331 g/mol. The van der Waals surface area contributed by atoms with E-state index in [1.807, 2.05) is 30.6 Å². The molecule has 8 heteroatoms. The van der Waals surface area contributed by atoms with Gasteiger partial charge in [-0.3, -0.25) is 10.1 Å². The monoisotopic (exact) mass is 331 g/mol. The van der Waals surface area contributed by atoms with Crippen molar-refractivity contribution in [3.8, 4) is 5.75 Å². The lowest BCUT2D eigenvalue weighted by atomic mass is 9.85.